The SMILES string of the molecule is CCCCNC(=O)C(c1ccc(C)c(C)c1)N(CC#N)C(=O)C(NC(=O)OC(C)(C)C)C(C)CC. The van der Waals surface area contributed by atoms with Gasteiger partial charge in [0.05, 0.1) is 6.07 Å². The number of nitriles is 1. The highest BCUT2D eigenvalue weighted by Crippen LogP contribution is 2.26. The van der Waals surface area contributed by atoms with Gasteiger partial charge in [0.1, 0.15) is 24.2 Å². The van der Waals surface area contributed by atoms with Gasteiger partial charge in [0, 0.05) is 6.54 Å². The molecule has 35 heavy (non-hydrogen) atoms. The molecule has 8 nitrogen and oxygen atoms in total. The van der Waals surface area contributed by atoms with Crippen LogP contribution in [0.4, 0.5) is 4.79 Å². The fourth-order valence-corrected chi connectivity index (χ4v) is 3.56. The molecule has 0 fully saturated rings. The van der Waals surface area contributed by atoms with E-state index in [0.29, 0.717) is 18.5 Å². The normalized spacial score (nSPS) is 13.7. The number of ether oxygens (including phenoxy) is 1. The van der Waals surface area contributed by atoms with Crippen LogP contribution in [-0.4, -0.2) is 47.5 Å². The first-order valence-corrected chi connectivity index (χ1v) is 12.4. The maximum atomic E-state index is 13.9. The lowest BCUT2D eigenvalue weighted by Crippen LogP contribution is -2.55. The second-order valence-corrected chi connectivity index (χ2v) is 10.0. The Hall–Kier alpha value is -3.08. The molecule has 1 aromatic rings. The molecular weight excluding hydrogens is 444 g/mol. The van der Waals surface area contributed by atoms with Crippen LogP contribution in [0.2, 0.25) is 0 Å². The van der Waals surface area contributed by atoms with Crippen LogP contribution in [0, 0.1) is 31.1 Å². The van der Waals surface area contributed by atoms with Crippen molar-refractivity contribution in [1.82, 2.24) is 15.5 Å². The van der Waals surface area contributed by atoms with Crippen LogP contribution in [0.1, 0.15) is 83.5 Å². The second kappa shape index (κ2) is 13.7. The molecule has 0 saturated heterocycles. The van der Waals surface area contributed by atoms with Crippen molar-refractivity contribution in [3.05, 3.63) is 34.9 Å². The van der Waals surface area contributed by atoms with Gasteiger partial charge in [-0.2, -0.15) is 5.26 Å². The Labute approximate surface area is 210 Å². The zero-order valence-corrected chi connectivity index (χ0v) is 22.5. The molecule has 3 unspecified atom stereocenters. The summed E-state index contributed by atoms with van der Waals surface area (Å²) in [7, 11) is 0. The van der Waals surface area contributed by atoms with Crippen LogP contribution in [0.25, 0.3) is 0 Å². The summed E-state index contributed by atoms with van der Waals surface area (Å²) in [6.07, 6.45) is 1.59. The Morgan fingerprint density at radius 1 is 1.14 bits per heavy atom. The Kier molecular flexibility index (Phi) is 11.7. The highest BCUT2D eigenvalue weighted by atomic mass is 16.6. The minimum absolute atomic E-state index is 0.250. The zero-order chi connectivity index (χ0) is 26.8. The summed E-state index contributed by atoms with van der Waals surface area (Å²) in [5.41, 5.74) is 1.91. The quantitative estimate of drug-likeness (QED) is 0.352. The minimum Gasteiger partial charge on any atom is -0.444 e. The summed E-state index contributed by atoms with van der Waals surface area (Å²) in [5.74, 6) is -1.11. The fraction of sp³-hybridized carbons (Fsp3) is 0.630. The van der Waals surface area contributed by atoms with Gasteiger partial charge in [-0.15, -0.1) is 0 Å². The molecule has 3 amide bonds. The van der Waals surface area contributed by atoms with Crippen LogP contribution < -0.4 is 10.6 Å². The third-order valence-electron chi connectivity index (χ3n) is 5.91. The van der Waals surface area contributed by atoms with E-state index in [1.807, 2.05) is 58.9 Å². The number of carbonyl (C=O) groups excluding carboxylic acids is 3. The van der Waals surface area contributed by atoms with E-state index in [1.54, 1.807) is 20.8 Å². The zero-order valence-electron chi connectivity index (χ0n) is 22.5. The van der Waals surface area contributed by atoms with E-state index >= 15 is 0 Å². The lowest BCUT2D eigenvalue weighted by Gasteiger charge is -2.34. The number of hydrogen-bond donors (Lipinski definition) is 2. The number of carbonyl (C=O) groups is 3. The number of unbranched alkanes of at least 4 members (excludes halogenated alkanes) is 1. The third-order valence-corrected chi connectivity index (χ3v) is 5.91. The molecule has 0 aliphatic heterocycles. The number of rotatable bonds is 11. The van der Waals surface area contributed by atoms with Crippen molar-refractivity contribution in [2.45, 2.75) is 92.3 Å². The third kappa shape index (κ3) is 9.23. The molecule has 0 aliphatic rings. The lowest BCUT2D eigenvalue weighted by molar-refractivity contribution is -0.142. The van der Waals surface area contributed by atoms with E-state index < -0.39 is 29.7 Å². The molecule has 2 N–H and O–H groups in total. The van der Waals surface area contributed by atoms with Crippen molar-refractivity contribution >= 4 is 17.9 Å². The number of hydrogen-bond acceptors (Lipinski definition) is 5. The van der Waals surface area contributed by atoms with Crippen LogP contribution in [0.3, 0.4) is 0 Å². The van der Waals surface area contributed by atoms with E-state index in [0.717, 1.165) is 24.0 Å². The van der Waals surface area contributed by atoms with Gasteiger partial charge in [-0.05, 0) is 63.6 Å². The first-order chi connectivity index (χ1) is 16.4. The van der Waals surface area contributed by atoms with Crippen LogP contribution in [0.5, 0.6) is 0 Å². The molecule has 8 heteroatoms. The Bertz CT molecular complexity index is 917. The topological polar surface area (TPSA) is 112 Å². The Balaban J connectivity index is 3.47. The van der Waals surface area contributed by atoms with Crippen molar-refractivity contribution < 1.29 is 19.1 Å². The number of nitrogens with zero attached hydrogens (tertiary/aromatic N) is 2. The number of amides is 3. The van der Waals surface area contributed by atoms with Gasteiger partial charge >= 0.3 is 6.09 Å². The van der Waals surface area contributed by atoms with E-state index in [9.17, 15) is 19.6 Å². The summed E-state index contributed by atoms with van der Waals surface area (Å²) in [4.78, 5) is 41.1. The van der Waals surface area contributed by atoms with Crippen molar-refractivity contribution in [2.24, 2.45) is 5.92 Å². The molecule has 0 saturated carbocycles. The maximum Gasteiger partial charge on any atom is 0.408 e. The molecule has 194 valence electrons. The van der Waals surface area contributed by atoms with Crippen molar-refractivity contribution in [1.29, 1.82) is 5.26 Å². The first kappa shape index (κ1) is 30.0. The van der Waals surface area contributed by atoms with E-state index in [4.69, 9.17) is 4.74 Å². The molecule has 1 aromatic carbocycles. The van der Waals surface area contributed by atoms with E-state index in [2.05, 4.69) is 10.6 Å². The molecule has 3 atom stereocenters. The smallest absolute Gasteiger partial charge is 0.408 e. The first-order valence-electron chi connectivity index (χ1n) is 12.4. The lowest BCUT2D eigenvalue weighted by atomic mass is 9.94. The predicted molar refractivity (Wildman–Crippen MR) is 137 cm³/mol. The van der Waals surface area contributed by atoms with Gasteiger partial charge in [0.15, 0.2) is 0 Å². The molecular formula is C27H42N4O4. The number of aryl methyl sites for hydroxylation is 2. The summed E-state index contributed by atoms with van der Waals surface area (Å²) < 4.78 is 5.37. The molecule has 0 radical (unpaired) electrons. The standard InChI is InChI=1S/C27H42N4O4/c1-9-11-15-29-24(32)23(21-13-12-19(4)20(5)17-21)31(16-14-28)25(33)22(18(3)10-2)30-26(34)35-27(6,7)8/h12-13,17-18,22-23H,9-11,15-16H2,1-8H3,(H,29,32)(H,30,34). The van der Waals surface area contributed by atoms with Crippen LogP contribution >= 0.6 is 0 Å². The van der Waals surface area contributed by atoms with Gasteiger partial charge in [-0.3, -0.25) is 9.59 Å². The number of nitrogens with one attached hydrogen (secondary N) is 2. The summed E-state index contributed by atoms with van der Waals surface area (Å²) in [6, 6.07) is 5.65. The molecule has 1 rings (SSSR count). The van der Waals surface area contributed by atoms with Crippen molar-refractivity contribution in [3.63, 3.8) is 0 Å². The van der Waals surface area contributed by atoms with E-state index in [1.165, 1.54) is 4.90 Å². The summed E-state index contributed by atoms with van der Waals surface area (Å²) >= 11 is 0. The van der Waals surface area contributed by atoms with Crippen molar-refractivity contribution in [2.75, 3.05) is 13.1 Å². The Morgan fingerprint density at radius 3 is 2.31 bits per heavy atom. The van der Waals surface area contributed by atoms with Gasteiger partial charge < -0.3 is 20.3 Å². The summed E-state index contributed by atoms with van der Waals surface area (Å²) in [6.45, 7) is 15.1. The minimum atomic E-state index is -1.01. The van der Waals surface area contributed by atoms with Gasteiger partial charge in [-0.1, -0.05) is 51.8 Å². The van der Waals surface area contributed by atoms with E-state index in [-0.39, 0.29) is 18.4 Å². The average Bonchev–Trinajstić information content (AvgIpc) is 2.77. The largest absolute Gasteiger partial charge is 0.444 e. The molecule has 0 spiro atoms. The maximum absolute atomic E-state index is 13.9. The highest BCUT2D eigenvalue weighted by molar-refractivity contribution is 5.92. The van der Waals surface area contributed by atoms with Crippen LogP contribution in [0.15, 0.2) is 18.2 Å². The highest BCUT2D eigenvalue weighted by Gasteiger charge is 2.38. The summed E-state index contributed by atoms with van der Waals surface area (Å²) in [5, 5.41) is 15.2. The number of alkyl carbamates (subject to hydrolysis) is 1. The predicted octanol–water partition coefficient (Wildman–Crippen LogP) is 4.55. The van der Waals surface area contributed by atoms with Gasteiger partial charge in [0.25, 0.3) is 0 Å². The molecule has 0 aliphatic carbocycles. The Morgan fingerprint density at radius 2 is 1.80 bits per heavy atom. The molecule has 0 heterocycles. The van der Waals surface area contributed by atoms with Crippen molar-refractivity contribution in [3.8, 4) is 6.07 Å². The molecule has 0 bridgehead atoms. The average molecular weight is 487 g/mol. The van der Waals surface area contributed by atoms with Gasteiger partial charge in [-0.25, -0.2) is 4.79 Å². The second-order valence-electron chi connectivity index (χ2n) is 10.0. The number of benzene rings is 1. The molecule has 0 aromatic heterocycles. The monoisotopic (exact) mass is 486 g/mol. The van der Waals surface area contributed by atoms with Crippen LogP contribution in [-0.2, 0) is 14.3 Å². The fourth-order valence-electron chi connectivity index (χ4n) is 3.56. The van der Waals surface area contributed by atoms with Gasteiger partial charge in [0.2, 0.25) is 11.8 Å².